The molecule has 0 saturated carbocycles. The summed E-state index contributed by atoms with van der Waals surface area (Å²) in [5.41, 5.74) is -0.0239. The number of likely N-dealkylation sites (N-methyl/N-ethyl adjacent to an activating group) is 1. The van der Waals surface area contributed by atoms with Gasteiger partial charge in [0.1, 0.15) is 0 Å². The Labute approximate surface area is 101 Å². The monoisotopic (exact) mass is 231 g/mol. The van der Waals surface area contributed by atoms with Gasteiger partial charge in [0.2, 0.25) is 0 Å². The Morgan fingerprint density at radius 3 is 2.25 bits per heavy atom. The molecule has 16 heavy (non-hydrogen) atoms. The van der Waals surface area contributed by atoms with Crippen molar-refractivity contribution in [2.24, 2.45) is 5.41 Å². The molecule has 1 N–H and O–H groups in total. The first-order valence-corrected chi connectivity index (χ1v) is 6.24. The molecule has 0 amide bonds. The lowest BCUT2D eigenvalue weighted by atomic mass is 9.87. The van der Waals surface area contributed by atoms with Crippen molar-refractivity contribution in [3.8, 4) is 0 Å². The first-order valence-electron chi connectivity index (χ1n) is 6.24. The molecule has 0 aromatic heterocycles. The lowest BCUT2D eigenvalue weighted by Gasteiger charge is -2.31. The molecule has 0 bridgehead atoms. The third kappa shape index (κ3) is 5.83. The normalized spacial score (nSPS) is 16.5. The molecule has 0 saturated heterocycles. The van der Waals surface area contributed by atoms with Gasteiger partial charge in [0.05, 0.1) is 12.7 Å². The van der Waals surface area contributed by atoms with Crippen molar-refractivity contribution in [1.82, 2.24) is 4.90 Å². The molecule has 0 aliphatic heterocycles. The number of aliphatic hydroxyl groups is 1. The Bertz CT molecular complexity index is 177. The van der Waals surface area contributed by atoms with Crippen LogP contribution < -0.4 is 0 Å². The first-order chi connectivity index (χ1) is 7.32. The average molecular weight is 231 g/mol. The summed E-state index contributed by atoms with van der Waals surface area (Å²) in [6.07, 6.45) is 0.585. The predicted octanol–water partition coefficient (Wildman–Crippen LogP) is 2.14. The van der Waals surface area contributed by atoms with Crippen molar-refractivity contribution in [2.75, 3.05) is 26.8 Å². The van der Waals surface area contributed by atoms with Gasteiger partial charge in [-0.15, -0.1) is 0 Å². The van der Waals surface area contributed by atoms with Crippen LogP contribution >= 0.6 is 0 Å². The van der Waals surface area contributed by atoms with Crippen molar-refractivity contribution < 1.29 is 9.84 Å². The largest absolute Gasteiger partial charge is 0.393 e. The summed E-state index contributed by atoms with van der Waals surface area (Å²) >= 11 is 0. The molecular weight excluding hydrogens is 202 g/mol. The summed E-state index contributed by atoms with van der Waals surface area (Å²) in [6.45, 7) is 13.2. The first kappa shape index (κ1) is 15.9. The molecule has 3 nitrogen and oxygen atoms in total. The van der Waals surface area contributed by atoms with Crippen LogP contribution in [0.5, 0.6) is 0 Å². The number of nitrogens with zero attached hydrogens (tertiary/aromatic N) is 1. The van der Waals surface area contributed by atoms with E-state index in [1.165, 1.54) is 0 Å². The van der Waals surface area contributed by atoms with E-state index in [2.05, 4.69) is 39.5 Å². The van der Waals surface area contributed by atoms with E-state index in [9.17, 15) is 5.11 Å². The van der Waals surface area contributed by atoms with Crippen LogP contribution in [0.3, 0.4) is 0 Å². The van der Waals surface area contributed by atoms with Gasteiger partial charge in [-0.25, -0.2) is 0 Å². The zero-order chi connectivity index (χ0) is 12.8. The van der Waals surface area contributed by atoms with E-state index in [1.807, 2.05) is 0 Å². The highest BCUT2D eigenvalue weighted by atomic mass is 16.5. The van der Waals surface area contributed by atoms with E-state index < -0.39 is 0 Å². The van der Waals surface area contributed by atoms with Crippen molar-refractivity contribution in [3.05, 3.63) is 0 Å². The highest BCUT2D eigenvalue weighted by molar-refractivity contribution is 4.75. The van der Waals surface area contributed by atoms with Crippen molar-refractivity contribution in [1.29, 1.82) is 0 Å². The molecule has 0 aliphatic rings. The highest BCUT2D eigenvalue weighted by Gasteiger charge is 2.23. The molecule has 98 valence electrons. The third-order valence-corrected chi connectivity index (χ3v) is 3.13. The lowest BCUT2D eigenvalue weighted by molar-refractivity contribution is 0.0345. The van der Waals surface area contributed by atoms with Crippen LogP contribution in [0.4, 0.5) is 0 Å². The summed E-state index contributed by atoms with van der Waals surface area (Å²) in [5.74, 6) is 0. The van der Waals surface area contributed by atoms with E-state index in [1.54, 1.807) is 7.11 Å². The van der Waals surface area contributed by atoms with Crippen LogP contribution in [0.2, 0.25) is 0 Å². The van der Waals surface area contributed by atoms with E-state index in [0.29, 0.717) is 6.04 Å². The van der Waals surface area contributed by atoms with Gasteiger partial charge >= 0.3 is 0 Å². The number of aliphatic hydroxyl groups excluding tert-OH is 1. The van der Waals surface area contributed by atoms with Gasteiger partial charge in [0, 0.05) is 19.7 Å². The van der Waals surface area contributed by atoms with Gasteiger partial charge in [-0.2, -0.15) is 0 Å². The van der Waals surface area contributed by atoms with Crippen LogP contribution in [-0.2, 0) is 4.74 Å². The fourth-order valence-corrected chi connectivity index (χ4v) is 1.76. The van der Waals surface area contributed by atoms with Crippen LogP contribution in [0.15, 0.2) is 0 Å². The second-order valence-electron chi connectivity index (χ2n) is 5.60. The Balaban J connectivity index is 4.05. The van der Waals surface area contributed by atoms with Crippen LogP contribution in [0.1, 0.15) is 41.0 Å². The zero-order valence-electron chi connectivity index (χ0n) is 11.8. The standard InChI is InChI=1S/C13H29NO2/c1-7-14(11(2)10-16-6)9-8-12(15)13(3,4)5/h11-12,15H,7-10H2,1-6H3. The van der Waals surface area contributed by atoms with Crippen LogP contribution in [0, 0.1) is 5.41 Å². The maximum absolute atomic E-state index is 9.98. The van der Waals surface area contributed by atoms with Gasteiger partial charge < -0.3 is 9.84 Å². The van der Waals surface area contributed by atoms with Gasteiger partial charge in [-0.05, 0) is 25.3 Å². The van der Waals surface area contributed by atoms with Gasteiger partial charge in [0.15, 0.2) is 0 Å². The van der Waals surface area contributed by atoms with Crippen molar-refractivity contribution in [2.45, 2.75) is 53.2 Å². The number of hydrogen-bond acceptors (Lipinski definition) is 3. The number of ether oxygens (including phenoxy) is 1. The summed E-state index contributed by atoms with van der Waals surface area (Å²) in [4.78, 5) is 2.35. The molecule has 0 aromatic carbocycles. The second-order valence-corrected chi connectivity index (χ2v) is 5.60. The third-order valence-electron chi connectivity index (χ3n) is 3.13. The molecule has 0 rings (SSSR count). The maximum atomic E-state index is 9.98. The quantitative estimate of drug-likeness (QED) is 0.728. The van der Waals surface area contributed by atoms with E-state index in [0.717, 1.165) is 26.1 Å². The number of hydrogen-bond donors (Lipinski definition) is 1. The summed E-state index contributed by atoms with van der Waals surface area (Å²) in [6, 6.07) is 0.419. The summed E-state index contributed by atoms with van der Waals surface area (Å²) < 4.78 is 5.16. The molecular formula is C13H29NO2. The Hall–Kier alpha value is -0.120. The number of methoxy groups -OCH3 is 1. The van der Waals surface area contributed by atoms with Gasteiger partial charge in [0.25, 0.3) is 0 Å². The molecule has 0 aromatic rings. The number of rotatable bonds is 7. The molecule has 0 spiro atoms. The van der Waals surface area contributed by atoms with Crippen molar-refractivity contribution in [3.63, 3.8) is 0 Å². The predicted molar refractivity (Wildman–Crippen MR) is 68.7 cm³/mol. The fraction of sp³-hybridized carbons (Fsp3) is 1.00. The molecule has 0 fully saturated rings. The molecule has 3 heteroatoms. The summed E-state index contributed by atoms with van der Waals surface area (Å²) in [5, 5.41) is 9.98. The topological polar surface area (TPSA) is 32.7 Å². The minimum Gasteiger partial charge on any atom is -0.393 e. The second kappa shape index (κ2) is 7.25. The lowest BCUT2D eigenvalue weighted by Crippen LogP contribution is -2.39. The Morgan fingerprint density at radius 2 is 1.88 bits per heavy atom. The minimum absolute atomic E-state index is 0.0239. The SMILES string of the molecule is CCN(CCC(O)C(C)(C)C)C(C)COC. The average Bonchev–Trinajstić information content (AvgIpc) is 2.17. The summed E-state index contributed by atoms with van der Waals surface area (Å²) in [7, 11) is 1.73. The van der Waals surface area contributed by atoms with Gasteiger partial charge in [-0.1, -0.05) is 27.7 Å². The molecule has 2 atom stereocenters. The van der Waals surface area contributed by atoms with E-state index in [-0.39, 0.29) is 11.5 Å². The zero-order valence-corrected chi connectivity index (χ0v) is 11.8. The Kier molecular flexibility index (Phi) is 7.20. The van der Waals surface area contributed by atoms with E-state index >= 15 is 0 Å². The Morgan fingerprint density at radius 1 is 1.31 bits per heavy atom. The smallest absolute Gasteiger partial charge is 0.0615 e. The molecule has 0 heterocycles. The molecule has 0 radical (unpaired) electrons. The maximum Gasteiger partial charge on any atom is 0.0615 e. The minimum atomic E-state index is -0.240. The van der Waals surface area contributed by atoms with Gasteiger partial charge in [-0.3, -0.25) is 4.90 Å². The molecule has 2 unspecified atom stereocenters. The molecule has 0 aliphatic carbocycles. The van der Waals surface area contributed by atoms with Crippen LogP contribution in [-0.4, -0.2) is 49.0 Å². The fourth-order valence-electron chi connectivity index (χ4n) is 1.76. The highest BCUT2D eigenvalue weighted by Crippen LogP contribution is 2.21. The van der Waals surface area contributed by atoms with Crippen LogP contribution in [0.25, 0.3) is 0 Å². The van der Waals surface area contributed by atoms with Crippen molar-refractivity contribution >= 4 is 0 Å². The van der Waals surface area contributed by atoms with E-state index in [4.69, 9.17) is 4.74 Å².